The van der Waals surface area contributed by atoms with E-state index in [4.69, 9.17) is 0 Å². The summed E-state index contributed by atoms with van der Waals surface area (Å²) in [7, 11) is 0. The number of carbonyl (C=O) groups is 1. The SMILES string of the molecule is CC(=O)N[C@H](C)[C@@H](C)c1ccccc1. The Kier molecular flexibility index (Phi) is 3.69. The fourth-order valence-electron chi connectivity index (χ4n) is 1.49. The topological polar surface area (TPSA) is 29.1 Å². The van der Waals surface area contributed by atoms with E-state index in [0.717, 1.165) is 0 Å². The molecule has 14 heavy (non-hydrogen) atoms. The van der Waals surface area contributed by atoms with Crippen molar-refractivity contribution >= 4 is 5.91 Å². The lowest BCUT2D eigenvalue weighted by Crippen LogP contribution is -2.34. The minimum absolute atomic E-state index is 0.0280. The third-order valence-electron chi connectivity index (χ3n) is 2.51. The quantitative estimate of drug-likeness (QED) is 0.780. The minimum atomic E-state index is 0.0280. The Hall–Kier alpha value is -1.31. The molecule has 0 unspecified atom stereocenters. The van der Waals surface area contributed by atoms with Crippen LogP contribution in [0.3, 0.4) is 0 Å². The van der Waals surface area contributed by atoms with E-state index in [1.165, 1.54) is 5.56 Å². The van der Waals surface area contributed by atoms with Crippen LogP contribution >= 0.6 is 0 Å². The third-order valence-corrected chi connectivity index (χ3v) is 2.51. The Balaban J connectivity index is 2.65. The number of hydrogen-bond acceptors (Lipinski definition) is 1. The Morgan fingerprint density at radius 3 is 2.29 bits per heavy atom. The molecule has 0 fully saturated rings. The molecule has 0 saturated heterocycles. The van der Waals surface area contributed by atoms with E-state index in [9.17, 15) is 4.79 Å². The van der Waals surface area contributed by atoms with Gasteiger partial charge in [0.05, 0.1) is 0 Å². The summed E-state index contributed by atoms with van der Waals surface area (Å²) < 4.78 is 0. The molecular formula is C12H17NO. The Labute approximate surface area is 85.3 Å². The molecule has 0 radical (unpaired) electrons. The summed E-state index contributed by atoms with van der Waals surface area (Å²) in [5.41, 5.74) is 1.26. The molecule has 1 amide bonds. The highest BCUT2D eigenvalue weighted by Gasteiger charge is 2.14. The number of amides is 1. The molecule has 0 aromatic heterocycles. The van der Waals surface area contributed by atoms with Crippen LogP contribution in [0.5, 0.6) is 0 Å². The van der Waals surface area contributed by atoms with Gasteiger partial charge in [0.25, 0.3) is 0 Å². The van der Waals surface area contributed by atoms with Gasteiger partial charge in [0.2, 0.25) is 5.91 Å². The van der Waals surface area contributed by atoms with Crippen LogP contribution < -0.4 is 5.32 Å². The molecule has 2 heteroatoms. The number of rotatable bonds is 3. The van der Waals surface area contributed by atoms with E-state index in [1.807, 2.05) is 25.1 Å². The number of benzene rings is 1. The summed E-state index contributed by atoms with van der Waals surface area (Å²) in [6.45, 7) is 5.70. The van der Waals surface area contributed by atoms with Crippen LogP contribution in [-0.4, -0.2) is 11.9 Å². The molecule has 0 bridgehead atoms. The number of nitrogens with one attached hydrogen (secondary N) is 1. The standard InChI is InChI=1S/C12H17NO/c1-9(10(2)13-11(3)14)12-7-5-4-6-8-12/h4-10H,1-3H3,(H,13,14)/t9-,10-/m1/s1. The Morgan fingerprint density at radius 1 is 1.21 bits per heavy atom. The van der Waals surface area contributed by atoms with Crippen LogP contribution in [0, 0.1) is 0 Å². The molecular weight excluding hydrogens is 174 g/mol. The van der Waals surface area contributed by atoms with E-state index in [1.54, 1.807) is 6.92 Å². The van der Waals surface area contributed by atoms with Crippen molar-refractivity contribution in [1.82, 2.24) is 5.32 Å². The van der Waals surface area contributed by atoms with Crippen molar-refractivity contribution in [2.75, 3.05) is 0 Å². The van der Waals surface area contributed by atoms with E-state index >= 15 is 0 Å². The molecule has 0 saturated carbocycles. The maximum absolute atomic E-state index is 10.9. The highest BCUT2D eigenvalue weighted by atomic mass is 16.1. The zero-order chi connectivity index (χ0) is 10.6. The van der Waals surface area contributed by atoms with Crippen LogP contribution in [0.1, 0.15) is 32.3 Å². The van der Waals surface area contributed by atoms with Crippen molar-refractivity contribution in [3.8, 4) is 0 Å². The molecule has 1 rings (SSSR count). The van der Waals surface area contributed by atoms with Crippen molar-refractivity contribution < 1.29 is 4.79 Å². The van der Waals surface area contributed by atoms with Gasteiger partial charge in [0.15, 0.2) is 0 Å². The summed E-state index contributed by atoms with van der Waals surface area (Å²) in [4.78, 5) is 10.9. The van der Waals surface area contributed by atoms with Crippen LogP contribution in [0.15, 0.2) is 30.3 Å². The highest BCUT2D eigenvalue weighted by Crippen LogP contribution is 2.18. The van der Waals surface area contributed by atoms with E-state index in [-0.39, 0.29) is 11.9 Å². The zero-order valence-corrected chi connectivity index (χ0v) is 8.95. The predicted molar refractivity (Wildman–Crippen MR) is 58.1 cm³/mol. The van der Waals surface area contributed by atoms with Crippen molar-refractivity contribution in [2.24, 2.45) is 0 Å². The molecule has 0 aliphatic heterocycles. The van der Waals surface area contributed by atoms with Gasteiger partial charge < -0.3 is 5.32 Å². The zero-order valence-electron chi connectivity index (χ0n) is 8.95. The summed E-state index contributed by atoms with van der Waals surface area (Å²) in [6.07, 6.45) is 0. The highest BCUT2D eigenvalue weighted by molar-refractivity contribution is 5.73. The predicted octanol–water partition coefficient (Wildman–Crippen LogP) is 2.31. The van der Waals surface area contributed by atoms with E-state index in [2.05, 4.69) is 24.4 Å². The average molecular weight is 191 g/mol. The van der Waals surface area contributed by atoms with E-state index in [0.29, 0.717) is 5.92 Å². The minimum Gasteiger partial charge on any atom is -0.353 e. The average Bonchev–Trinajstić information content (AvgIpc) is 2.17. The van der Waals surface area contributed by atoms with Crippen LogP contribution in [0.25, 0.3) is 0 Å². The Bertz CT molecular complexity index is 294. The van der Waals surface area contributed by atoms with Crippen LogP contribution in [0.4, 0.5) is 0 Å². The van der Waals surface area contributed by atoms with Crippen LogP contribution in [-0.2, 0) is 4.79 Å². The molecule has 1 aromatic rings. The van der Waals surface area contributed by atoms with Crippen molar-refractivity contribution in [1.29, 1.82) is 0 Å². The lowest BCUT2D eigenvalue weighted by molar-refractivity contribution is -0.119. The van der Waals surface area contributed by atoms with Gasteiger partial charge in [-0.1, -0.05) is 37.3 Å². The molecule has 0 spiro atoms. The number of hydrogen-bond donors (Lipinski definition) is 1. The van der Waals surface area contributed by atoms with Gasteiger partial charge in [-0.05, 0) is 12.5 Å². The summed E-state index contributed by atoms with van der Waals surface area (Å²) in [5, 5.41) is 2.90. The Morgan fingerprint density at radius 2 is 1.79 bits per heavy atom. The molecule has 1 N–H and O–H groups in total. The summed E-state index contributed by atoms with van der Waals surface area (Å²) in [5.74, 6) is 0.375. The lowest BCUT2D eigenvalue weighted by Gasteiger charge is -2.20. The summed E-state index contributed by atoms with van der Waals surface area (Å²) in [6, 6.07) is 10.4. The number of carbonyl (C=O) groups excluding carboxylic acids is 1. The molecule has 0 aliphatic carbocycles. The summed E-state index contributed by atoms with van der Waals surface area (Å²) >= 11 is 0. The molecule has 76 valence electrons. The van der Waals surface area contributed by atoms with Crippen molar-refractivity contribution in [2.45, 2.75) is 32.7 Å². The van der Waals surface area contributed by atoms with Gasteiger partial charge in [0.1, 0.15) is 0 Å². The molecule has 0 aliphatic rings. The second-order valence-corrected chi connectivity index (χ2v) is 3.69. The van der Waals surface area contributed by atoms with Gasteiger partial charge in [-0.25, -0.2) is 0 Å². The first-order valence-corrected chi connectivity index (χ1v) is 4.93. The van der Waals surface area contributed by atoms with Gasteiger partial charge >= 0.3 is 0 Å². The first kappa shape index (κ1) is 10.8. The first-order valence-electron chi connectivity index (χ1n) is 4.93. The van der Waals surface area contributed by atoms with Crippen molar-refractivity contribution in [3.05, 3.63) is 35.9 Å². The lowest BCUT2D eigenvalue weighted by atomic mass is 9.94. The molecule has 1 aromatic carbocycles. The van der Waals surface area contributed by atoms with Crippen LogP contribution in [0.2, 0.25) is 0 Å². The second kappa shape index (κ2) is 4.80. The normalized spacial score (nSPS) is 14.5. The molecule has 2 nitrogen and oxygen atoms in total. The largest absolute Gasteiger partial charge is 0.353 e. The van der Waals surface area contributed by atoms with Gasteiger partial charge in [-0.2, -0.15) is 0 Å². The smallest absolute Gasteiger partial charge is 0.217 e. The second-order valence-electron chi connectivity index (χ2n) is 3.69. The molecule has 0 heterocycles. The maximum Gasteiger partial charge on any atom is 0.217 e. The fourth-order valence-corrected chi connectivity index (χ4v) is 1.49. The van der Waals surface area contributed by atoms with Crippen molar-refractivity contribution in [3.63, 3.8) is 0 Å². The fraction of sp³-hybridized carbons (Fsp3) is 0.417. The van der Waals surface area contributed by atoms with Gasteiger partial charge in [0, 0.05) is 18.9 Å². The van der Waals surface area contributed by atoms with Gasteiger partial charge in [-0.15, -0.1) is 0 Å². The monoisotopic (exact) mass is 191 g/mol. The molecule has 2 atom stereocenters. The van der Waals surface area contributed by atoms with Gasteiger partial charge in [-0.3, -0.25) is 4.79 Å². The first-order chi connectivity index (χ1) is 6.61. The van der Waals surface area contributed by atoms with E-state index < -0.39 is 0 Å². The third kappa shape index (κ3) is 2.87. The maximum atomic E-state index is 10.9.